The lowest BCUT2D eigenvalue weighted by Gasteiger charge is -2.06. The van der Waals surface area contributed by atoms with Crippen molar-refractivity contribution in [2.75, 3.05) is 5.73 Å². The highest BCUT2D eigenvalue weighted by Crippen LogP contribution is 2.24. The average molecular weight is 202 g/mol. The van der Waals surface area contributed by atoms with Crippen LogP contribution in [0.4, 0.5) is 10.1 Å². The molecular formula is C12H11FN2. The maximum absolute atomic E-state index is 12.9. The maximum Gasteiger partial charge on any atom is 0.123 e. The van der Waals surface area contributed by atoms with E-state index in [4.69, 9.17) is 5.73 Å². The van der Waals surface area contributed by atoms with E-state index < -0.39 is 0 Å². The van der Waals surface area contributed by atoms with Crippen LogP contribution in [-0.2, 0) is 0 Å². The Morgan fingerprint density at radius 1 is 1.20 bits per heavy atom. The number of nitrogen functional groups attached to an aromatic ring is 1. The number of anilines is 1. The van der Waals surface area contributed by atoms with Crippen molar-refractivity contribution in [2.45, 2.75) is 6.92 Å². The summed E-state index contributed by atoms with van der Waals surface area (Å²) in [6, 6.07) is 6.50. The predicted molar refractivity (Wildman–Crippen MR) is 58.8 cm³/mol. The molecular weight excluding hydrogens is 191 g/mol. The van der Waals surface area contributed by atoms with Gasteiger partial charge < -0.3 is 5.73 Å². The fraction of sp³-hybridized carbons (Fsp3) is 0.0833. The van der Waals surface area contributed by atoms with Gasteiger partial charge >= 0.3 is 0 Å². The normalized spacial score (nSPS) is 10.3. The van der Waals surface area contributed by atoms with Crippen molar-refractivity contribution >= 4 is 5.69 Å². The van der Waals surface area contributed by atoms with E-state index >= 15 is 0 Å². The van der Waals surface area contributed by atoms with E-state index in [2.05, 4.69) is 4.98 Å². The number of halogens is 1. The van der Waals surface area contributed by atoms with Crippen molar-refractivity contribution in [3.8, 4) is 11.1 Å². The summed E-state index contributed by atoms with van der Waals surface area (Å²) in [4.78, 5) is 4.01. The second kappa shape index (κ2) is 3.69. The van der Waals surface area contributed by atoms with Crippen LogP contribution in [0.3, 0.4) is 0 Å². The number of pyridine rings is 1. The number of aromatic nitrogens is 1. The summed E-state index contributed by atoms with van der Waals surface area (Å²) in [5.41, 5.74) is 8.99. The molecule has 15 heavy (non-hydrogen) atoms. The Labute approximate surface area is 87.6 Å². The molecule has 0 saturated carbocycles. The first kappa shape index (κ1) is 9.65. The number of nitrogens with two attached hydrogens (primary N) is 1. The smallest absolute Gasteiger partial charge is 0.123 e. The Morgan fingerprint density at radius 2 is 2.00 bits per heavy atom. The van der Waals surface area contributed by atoms with E-state index in [0.29, 0.717) is 5.69 Å². The molecule has 0 radical (unpaired) electrons. The molecule has 0 aliphatic rings. The number of aryl methyl sites for hydroxylation is 1. The second-order valence-electron chi connectivity index (χ2n) is 3.47. The van der Waals surface area contributed by atoms with Crippen molar-refractivity contribution in [3.05, 3.63) is 48.0 Å². The fourth-order valence-corrected chi connectivity index (χ4v) is 1.56. The minimum Gasteiger partial charge on any atom is -0.397 e. The lowest BCUT2D eigenvalue weighted by atomic mass is 10.0. The van der Waals surface area contributed by atoms with Crippen molar-refractivity contribution in [1.82, 2.24) is 4.98 Å². The quantitative estimate of drug-likeness (QED) is 0.772. The Bertz CT molecular complexity index is 495. The van der Waals surface area contributed by atoms with Crippen LogP contribution in [0.1, 0.15) is 5.56 Å². The lowest BCUT2D eigenvalue weighted by Crippen LogP contribution is -1.90. The van der Waals surface area contributed by atoms with Crippen LogP contribution >= 0.6 is 0 Å². The molecule has 3 heteroatoms. The molecule has 2 rings (SSSR count). The first-order valence-corrected chi connectivity index (χ1v) is 4.64. The Hall–Kier alpha value is -1.90. The Kier molecular flexibility index (Phi) is 2.37. The summed E-state index contributed by atoms with van der Waals surface area (Å²) in [7, 11) is 0. The summed E-state index contributed by atoms with van der Waals surface area (Å²) in [6.45, 7) is 1.86. The monoisotopic (exact) mass is 202 g/mol. The highest BCUT2D eigenvalue weighted by molar-refractivity contribution is 5.68. The highest BCUT2D eigenvalue weighted by Gasteiger charge is 2.03. The molecule has 0 unspecified atom stereocenters. The first-order valence-electron chi connectivity index (χ1n) is 4.64. The Morgan fingerprint density at radius 3 is 2.67 bits per heavy atom. The van der Waals surface area contributed by atoms with Gasteiger partial charge in [-0.15, -0.1) is 0 Å². The first-order chi connectivity index (χ1) is 7.16. The molecule has 0 amide bonds. The minimum absolute atomic E-state index is 0.229. The van der Waals surface area contributed by atoms with Crippen LogP contribution in [0.25, 0.3) is 11.1 Å². The summed E-state index contributed by atoms with van der Waals surface area (Å²) in [5.74, 6) is -0.229. The molecule has 2 aromatic rings. The predicted octanol–water partition coefficient (Wildman–Crippen LogP) is 2.78. The number of hydrogen-bond acceptors (Lipinski definition) is 2. The van der Waals surface area contributed by atoms with Gasteiger partial charge in [-0.05, 0) is 36.2 Å². The van der Waals surface area contributed by atoms with Gasteiger partial charge in [0.1, 0.15) is 5.82 Å². The fourth-order valence-electron chi connectivity index (χ4n) is 1.56. The van der Waals surface area contributed by atoms with Gasteiger partial charge in [0.2, 0.25) is 0 Å². The van der Waals surface area contributed by atoms with E-state index in [0.717, 1.165) is 16.7 Å². The molecule has 0 spiro atoms. The zero-order chi connectivity index (χ0) is 10.8. The number of rotatable bonds is 1. The van der Waals surface area contributed by atoms with Crippen molar-refractivity contribution < 1.29 is 4.39 Å². The van der Waals surface area contributed by atoms with Crippen LogP contribution in [0.15, 0.2) is 36.7 Å². The van der Waals surface area contributed by atoms with Crippen molar-refractivity contribution in [3.63, 3.8) is 0 Å². The van der Waals surface area contributed by atoms with Gasteiger partial charge in [0.25, 0.3) is 0 Å². The lowest BCUT2D eigenvalue weighted by molar-refractivity contribution is 0.627. The van der Waals surface area contributed by atoms with E-state index in [1.807, 2.05) is 13.0 Å². The summed E-state index contributed by atoms with van der Waals surface area (Å²) >= 11 is 0. The molecule has 76 valence electrons. The number of benzene rings is 1. The molecule has 0 fully saturated rings. The standard InChI is InChI=1S/C12H11FN2/c1-8-4-10(13)2-3-12(8)9-5-11(14)7-15-6-9/h2-7H,14H2,1H3. The van der Waals surface area contributed by atoms with Crippen LogP contribution in [0, 0.1) is 12.7 Å². The van der Waals surface area contributed by atoms with E-state index in [9.17, 15) is 4.39 Å². The molecule has 2 nitrogen and oxygen atoms in total. The van der Waals surface area contributed by atoms with E-state index in [1.54, 1.807) is 18.5 Å². The van der Waals surface area contributed by atoms with E-state index in [1.165, 1.54) is 12.1 Å². The maximum atomic E-state index is 12.9. The molecule has 0 atom stereocenters. The third-order valence-corrected chi connectivity index (χ3v) is 2.26. The zero-order valence-electron chi connectivity index (χ0n) is 8.37. The van der Waals surface area contributed by atoms with Gasteiger partial charge in [-0.1, -0.05) is 6.07 Å². The molecule has 0 aliphatic carbocycles. The summed E-state index contributed by atoms with van der Waals surface area (Å²) in [6.07, 6.45) is 3.30. The summed E-state index contributed by atoms with van der Waals surface area (Å²) in [5, 5.41) is 0. The van der Waals surface area contributed by atoms with Gasteiger partial charge in [0.05, 0.1) is 5.69 Å². The van der Waals surface area contributed by atoms with Crippen molar-refractivity contribution in [1.29, 1.82) is 0 Å². The van der Waals surface area contributed by atoms with Gasteiger partial charge in [-0.2, -0.15) is 0 Å². The van der Waals surface area contributed by atoms with Crippen LogP contribution < -0.4 is 5.73 Å². The molecule has 0 aliphatic heterocycles. The third-order valence-electron chi connectivity index (χ3n) is 2.26. The van der Waals surface area contributed by atoms with Gasteiger partial charge in [-0.3, -0.25) is 4.98 Å². The minimum atomic E-state index is -0.229. The molecule has 0 bridgehead atoms. The topological polar surface area (TPSA) is 38.9 Å². The van der Waals surface area contributed by atoms with Crippen LogP contribution in [-0.4, -0.2) is 4.98 Å². The van der Waals surface area contributed by atoms with Gasteiger partial charge in [0.15, 0.2) is 0 Å². The molecule has 2 N–H and O–H groups in total. The largest absolute Gasteiger partial charge is 0.397 e. The Balaban J connectivity index is 2.54. The van der Waals surface area contributed by atoms with Gasteiger partial charge in [0, 0.05) is 18.0 Å². The van der Waals surface area contributed by atoms with Gasteiger partial charge in [-0.25, -0.2) is 4.39 Å². The number of nitrogens with zero attached hydrogens (tertiary/aromatic N) is 1. The molecule has 0 saturated heterocycles. The van der Waals surface area contributed by atoms with Crippen LogP contribution in [0.5, 0.6) is 0 Å². The average Bonchev–Trinajstić information content (AvgIpc) is 2.17. The third kappa shape index (κ3) is 1.96. The van der Waals surface area contributed by atoms with Crippen LogP contribution in [0.2, 0.25) is 0 Å². The number of hydrogen-bond donors (Lipinski definition) is 1. The van der Waals surface area contributed by atoms with Crippen molar-refractivity contribution in [2.24, 2.45) is 0 Å². The molecule has 1 aromatic carbocycles. The van der Waals surface area contributed by atoms with E-state index in [-0.39, 0.29) is 5.82 Å². The second-order valence-corrected chi connectivity index (χ2v) is 3.47. The SMILES string of the molecule is Cc1cc(F)ccc1-c1cncc(N)c1. The zero-order valence-corrected chi connectivity index (χ0v) is 8.37. The molecule has 1 aromatic heterocycles. The highest BCUT2D eigenvalue weighted by atomic mass is 19.1. The molecule has 1 heterocycles. The summed E-state index contributed by atoms with van der Waals surface area (Å²) < 4.78 is 12.9.